The molecule has 0 N–H and O–H groups in total. The second-order valence-corrected chi connectivity index (χ2v) is 8.01. The minimum Gasteiger partial charge on any atom is -0.170 e. The van der Waals surface area contributed by atoms with Crippen molar-refractivity contribution in [1.82, 2.24) is 0 Å². The Morgan fingerprint density at radius 3 is 2.00 bits per heavy atom. The third-order valence-electron chi connectivity index (χ3n) is 5.43. The summed E-state index contributed by atoms with van der Waals surface area (Å²) in [4.78, 5) is 0. The number of allylic oxidation sites excluding steroid dienone is 3. The highest BCUT2D eigenvalue weighted by Gasteiger charge is 2.52. The Morgan fingerprint density at radius 2 is 1.57 bits per heavy atom. The molecule has 0 aromatic heterocycles. The normalized spacial score (nSPS) is 14.7. The lowest BCUT2D eigenvalue weighted by atomic mass is 9.74. The fraction of sp³-hybridized carbons (Fsp3) is 0.360. The van der Waals surface area contributed by atoms with Crippen molar-refractivity contribution in [1.29, 1.82) is 0 Å². The summed E-state index contributed by atoms with van der Waals surface area (Å²) in [5, 5.41) is 0. The summed E-state index contributed by atoms with van der Waals surface area (Å²) in [6.07, 6.45) is -2.68. The van der Waals surface area contributed by atoms with Crippen LogP contribution in [-0.4, -0.2) is 6.18 Å². The minimum absolute atomic E-state index is 0.109. The fourth-order valence-corrected chi connectivity index (χ4v) is 3.75. The maximum Gasteiger partial charge on any atom is 0.398 e. The zero-order valence-corrected chi connectivity index (χ0v) is 17.6. The van der Waals surface area contributed by atoms with Crippen molar-refractivity contribution in [3.63, 3.8) is 0 Å². The van der Waals surface area contributed by atoms with Gasteiger partial charge in [-0.1, -0.05) is 65.8 Å². The highest BCUT2D eigenvalue weighted by Crippen LogP contribution is 2.47. The number of alkyl halides is 3. The molecule has 0 bridgehead atoms. The lowest BCUT2D eigenvalue weighted by Gasteiger charge is -2.34. The van der Waals surface area contributed by atoms with Crippen LogP contribution in [-0.2, 0) is 5.41 Å². The molecule has 0 nitrogen and oxygen atoms in total. The molecule has 2 aromatic carbocycles. The van der Waals surface area contributed by atoms with E-state index in [2.05, 4.69) is 6.58 Å². The van der Waals surface area contributed by atoms with Gasteiger partial charge in [-0.2, -0.15) is 13.2 Å². The monoisotopic (exact) mass is 386 g/mol. The molecule has 2 rings (SSSR count). The molecule has 1 atom stereocenters. The molecule has 0 aliphatic rings. The Morgan fingerprint density at radius 1 is 1.00 bits per heavy atom. The maximum absolute atomic E-state index is 14.3. The molecule has 0 fully saturated rings. The van der Waals surface area contributed by atoms with Gasteiger partial charge in [0.1, 0.15) is 0 Å². The van der Waals surface area contributed by atoms with Crippen molar-refractivity contribution < 1.29 is 13.2 Å². The fourth-order valence-electron chi connectivity index (χ4n) is 3.75. The van der Waals surface area contributed by atoms with Gasteiger partial charge in [-0.15, -0.1) is 0 Å². The van der Waals surface area contributed by atoms with Crippen LogP contribution in [0.25, 0.3) is 11.1 Å². The van der Waals surface area contributed by atoms with Crippen LogP contribution in [0, 0.1) is 20.8 Å². The van der Waals surface area contributed by atoms with Crippen LogP contribution >= 0.6 is 0 Å². The van der Waals surface area contributed by atoms with Gasteiger partial charge in [0, 0.05) is 0 Å². The predicted molar refractivity (Wildman–Crippen MR) is 113 cm³/mol. The first-order chi connectivity index (χ1) is 12.9. The highest BCUT2D eigenvalue weighted by molar-refractivity contribution is 5.72. The molecule has 0 aliphatic carbocycles. The maximum atomic E-state index is 14.3. The van der Waals surface area contributed by atoms with Crippen LogP contribution in [0.4, 0.5) is 13.2 Å². The van der Waals surface area contributed by atoms with Gasteiger partial charge in [0.2, 0.25) is 0 Å². The van der Waals surface area contributed by atoms with Gasteiger partial charge in [0.15, 0.2) is 0 Å². The van der Waals surface area contributed by atoms with Gasteiger partial charge < -0.3 is 0 Å². The summed E-state index contributed by atoms with van der Waals surface area (Å²) in [7, 11) is 0. The van der Waals surface area contributed by atoms with E-state index in [-0.39, 0.29) is 6.42 Å². The van der Waals surface area contributed by atoms with Gasteiger partial charge in [-0.25, -0.2) is 0 Å². The first-order valence-electron chi connectivity index (χ1n) is 9.46. The van der Waals surface area contributed by atoms with E-state index in [0.29, 0.717) is 11.1 Å². The number of hydrogen-bond donors (Lipinski definition) is 0. The van der Waals surface area contributed by atoms with Crippen molar-refractivity contribution in [3.05, 3.63) is 82.4 Å². The summed E-state index contributed by atoms with van der Waals surface area (Å²) in [6.45, 7) is 14.6. The lowest BCUT2D eigenvalue weighted by molar-refractivity contribution is -0.184. The topological polar surface area (TPSA) is 0 Å². The molecule has 0 amide bonds. The second kappa shape index (κ2) is 7.98. The highest BCUT2D eigenvalue weighted by atomic mass is 19.4. The molecule has 3 heteroatoms. The first kappa shape index (κ1) is 22.0. The molecule has 150 valence electrons. The zero-order valence-electron chi connectivity index (χ0n) is 17.6. The average Bonchev–Trinajstić information content (AvgIpc) is 2.57. The largest absolute Gasteiger partial charge is 0.398 e. The van der Waals surface area contributed by atoms with Gasteiger partial charge in [-0.3, -0.25) is 0 Å². The van der Waals surface area contributed by atoms with Crippen LogP contribution in [0.1, 0.15) is 60.6 Å². The number of benzene rings is 2. The van der Waals surface area contributed by atoms with Crippen LogP contribution in [0.2, 0.25) is 0 Å². The third-order valence-corrected chi connectivity index (χ3v) is 5.43. The Balaban J connectivity index is 2.54. The molecular weight excluding hydrogens is 357 g/mol. The Labute approximate surface area is 166 Å². The average molecular weight is 387 g/mol. The molecule has 0 heterocycles. The van der Waals surface area contributed by atoms with E-state index in [9.17, 15) is 13.2 Å². The number of rotatable bonds is 5. The molecule has 1 unspecified atom stereocenters. The quantitative estimate of drug-likeness (QED) is 0.489. The summed E-state index contributed by atoms with van der Waals surface area (Å²) >= 11 is 0. The standard InChI is InChI=1S/C25H29F3/c1-8-20(21-9-10-23(16(2)3)19(6)14-21)15-24(7,25(26,27)28)22-12-17(4)11-18(5)13-22/h8-14H,2,15H2,1,3-7H3/b20-8+. The number of aryl methyl sites for hydroxylation is 3. The minimum atomic E-state index is -4.37. The molecule has 0 aliphatic heterocycles. The van der Waals surface area contributed by atoms with E-state index in [1.807, 2.05) is 52.0 Å². The zero-order chi connectivity index (χ0) is 21.3. The third kappa shape index (κ3) is 4.40. The lowest BCUT2D eigenvalue weighted by Crippen LogP contribution is -2.40. The van der Waals surface area contributed by atoms with Gasteiger partial charge in [0.05, 0.1) is 5.41 Å². The van der Waals surface area contributed by atoms with E-state index in [1.54, 1.807) is 25.1 Å². The van der Waals surface area contributed by atoms with E-state index < -0.39 is 11.6 Å². The number of hydrogen-bond acceptors (Lipinski definition) is 0. The van der Waals surface area contributed by atoms with E-state index in [4.69, 9.17) is 0 Å². The van der Waals surface area contributed by atoms with Crippen LogP contribution in [0.15, 0.2) is 49.1 Å². The van der Waals surface area contributed by atoms with Crippen LogP contribution in [0.3, 0.4) is 0 Å². The van der Waals surface area contributed by atoms with Gasteiger partial charge >= 0.3 is 6.18 Å². The molecule has 28 heavy (non-hydrogen) atoms. The van der Waals surface area contributed by atoms with E-state index >= 15 is 0 Å². The number of halogens is 3. The Hall–Kier alpha value is -2.29. The molecule has 0 radical (unpaired) electrons. The predicted octanol–water partition coefficient (Wildman–Crippen LogP) is 7.96. The van der Waals surface area contributed by atoms with Crippen molar-refractivity contribution in [2.45, 2.75) is 59.6 Å². The summed E-state index contributed by atoms with van der Waals surface area (Å²) in [5.41, 5.74) is 4.54. The van der Waals surface area contributed by atoms with Crippen molar-refractivity contribution in [3.8, 4) is 0 Å². The van der Waals surface area contributed by atoms with Gasteiger partial charge in [-0.05, 0) is 75.8 Å². The second-order valence-electron chi connectivity index (χ2n) is 8.01. The van der Waals surface area contributed by atoms with Crippen molar-refractivity contribution in [2.75, 3.05) is 0 Å². The van der Waals surface area contributed by atoms with Crippen LogP contribution < -0.4 is 0 Å². The first-order valence-corrected chi connectivity index (χ1v) is 9.46. The Kier molecular flexibility index (Phi) is 6.27. The smallest absolute Gasteiger partial charge is 0.170 e. The van der Waals surface area contributed by atoms with Crippen molar-refractivity contribution >= 4 is 11.1 Å². The Bertz CT molecular complexity index is 896. The van der Waals surface area contributed by atoms with Crippen molar-refractivity contribution in [2.24, 2.45) is 0 Å². The molecular formula is C25H29F3. The van der Waals surface area contributed by atoms with Crippen LogP contribution in [0.5, 0.6) is 0 Å². The summed E-state index contributed by atoms with van der Waals surface area (Å²) in [5.74, 6) is 0. The molecule has 0 spiro atoms. The molecule has 0 saturated carbocycles. The van der Waals surface area contributed by atoms with Gasteiger partial charge in [0.25, 0.3) is 0 Å². The molecule has 2 aromatic rings. The van der Waals surface area contributed by atoms with E-state index in [1.165, 1.54) is 6.92 Å². The summed E-state index contributed by atoms with van der Waals surface area (Å²) in [6, 6.07) is 11.0. The SMILES string of the molecule is C=C(C)c1ccc(/C(=C/C)CC(C)(c2cc(C)cc(C)c2)C(F)(F)F)cc1C. The summed E-state index contributed by atoms with van der Waals surface area (Å²) < 4.78 is 42.8. The van der Waals surface area contributed by atoms with E-state index in [0.717, 1.165) is 33.4 Å². The molecule has 0 saturated heterocycles.